The molecule has 11 rings (SSSR count). The van der Waals surface area contributed by atoms with Crippen molar-refractivity contribution in [3.8, 4) is 16.8 Å². The highest BCUT2D eigenvalue weighted by Gasteiger charge is 2.19. The number of benzene rings is 9. The van der Waals surface area contributed by atoms with Gasteiger partial charge in [0.05, 0.1) is 11.0 Å². The standard InChI is InChI=1S/C54H37N3S/c1-3-14-40(15-4-1)55(41-16-5-2-6-17-41)45-18-13-19-46(37-45)56(42-29-26-38(27-30-42)39-28-35-50-49-22-9-12-25-53(49)58-54(50)36-39)43-31-33-44(34-32-43)57-51-23-10-7-20-47(51)48-21-8-11-24-52(48)57/h1-37H. The van der Waals surface area contributed by atoms with Crippen LogP contribution in [0, 0.1) is 0 Å². The maximum atomic E-state index is 2.37. The van der Waals surface area contributed by atoms with E-state index in [9.17, 15) is 0 Å². The summed E-state index contributed by atoms with van der Waals surface area (Å²) in [4.78, 5) is 4.69. The van der Waals surface area contributed by atoms with Crippen LogP contribution in [-0.2, 0) is 0 Å². The molecule has 0 aliphatic rings. The Balaban J connectivity index is 1.03. The number of nitrogens with zero attached hydrogens (tertiary/aromatic N) is 3. The highest BCUT2D eigenvalue weighted by atomic mass is 32.1. The Hall–Kier alpha value is -7.40. The van der Waals surface area contributed by atoms with Crippen LogP contribution in [0.1, 0.15) is 0 Å². The van der Waals surface area contributed by atoms with Crippen LogP contribution in [0.15, 0.2) is 224 Å². The molecule has 9 aromatic carbocycles. The fourth-order valence-electron chi connectivity index (χ4n) is 8.48. The lowest BCUT2D eigenvalue weighted by Crippen LogP contribution is -2.13. The first-order valence-electron chi connectivity index (χ1n) is 19.7. The third-order valence-electron chi connectivity index (χ3n) is 11.2. The van der Waals surface area contributed by atoms with Crippen molar-refractivity contribution in [3.63, 3.8) is 0 Å². The van der Waals surface area contributed by atoms with Gasteiger partial charge < -0.3 is 14.4 Å². The van der Waals surface area contributed by atoms with Gasteiger partial charge in [-0.05, 0) is 114 Å². The largest absolute Gasteiger partial charge is 0.310 e. The second-order valence-corrected chi connectivity index (χ2v) is 15.7. The zero-order chi connectivity index (χ0) is 38.4. The number of hydrogen-bond acceptors (Lipinski definition) is 3. The van der Waals surface area contributed by atoms with Crippen molar-refractivity contribution in [3.05, 3.63) is 224 Å². The van der Waals surface area contributed by atoms with Crippen molar-refractivity contribution in [2.24, 2.45) is 0 Å². The Morgan fingerprint density at radius 2 is 0.741 bits per heavy atom. The SMILES string of the molecule is c1ccc(N(c2ccccc2)c2cccc(N(c3ccc(-c4ccc5c(c4)sc4ccccc45)cc3)c3ccc(-n4c5ccccc5c5ccccc54)cc3)c2)cc1. The summed E-state index contributed by atoms with van der Waals surface area (Å²) in [6.07, 6.45) is 0. The lowest BCUT2D eigenvalue weighted by atomic mass is 10.0. The van der Waals surface area contributed by atoms with Crippen LogP contribution in [-0.4, -0.2) is 4.57 Å². The number of para-hydroxylation sites is 4. The van der Waals surface area contributed by atoms with Crippen molar-refractivity contribution in [2.75, 3.05) is 9.80 Å². The van der Waals surface area contributed by atoms with Gasteiger partial charge in [-0.25, -0.2) is 0 Å². The average Bonchev–Trinajstić information content (AvgIpc) is 3.84. The second-order valence-electron chi connectivity index (χ2n) is 14.6. The summed E-state index contributed by atoms with van der Waals surface area (Å²) in [5.74, 6) is 0. The van der Waals surface area contributed by atoms with E-state index in [0.717, 1.165) is 39.8 Å². The Morgan fingerprint density at radius 3 is 1.34 bits per heavy atom. The van der Waals surface area contributed by atoms with E-state index < -0.39 is 0 Å². The van der Waals surface area contributed by atoms with Gasteiger partial charge in [-0.3, -0.25) is 0 Å². The maximum absolute atomic E-state index is 2.37. The molecule has 0 radical (unpaired) electrons. The van der Waals surface area contributed by atoms with Gasteiger partial charge in [-0.1, -0.05) is 121 Å². The molecule has 274 valence electrons. The molecule has 0 fully saturated rings. The number of anilines is 6. The molecular formula is C54H37N3S. The summed E-state index contributed by atoms with van der Waals surface area (Å²) in [5.41, 5.74) is 12.5. The molecule has 0 amide bonds. The van der Waals surface area contributed by atoms with Crippen molar-refractivity contribution >= 4 is 87.4 Å². The fourth-order valence-corrected chi connectivity index (χ4v) is 9.62. The van der Waals surface area contributed by atoms with Gasteiger partial charge in [0, 0.05) is 70.8 Å². The lowest BCUT2D eigenvalue weighted by molar-refractivity contribution is 1.17. The van der Waals surface area contributed by atoms with E-state index in [1.54, 1.807) is 0 Å². The molecule has 0 aliphatic carbocycles. The van der Waals surface area contributed by atoms with Crippen LogP contribution in [0.25, 0.3) is 58.8 Å². The Labute approximate surface area is 341 Å². The van der Waals surface area contributed by atoms with Gasteiger partial charge >= 0.3 is 0 Å². The summed E-state index contributed by atoms with van der Waals surface area (Å²) < 4.78 is 5.01. The van der Waals surface area contributed by atoms with Crippen molar-refractivity contribution in [1.82, 2.24) is 4.57 Å². The smallest absolute Gasteiger partial charge is 0.0541 e. The maximum Gasteiger partial charge on any atom is 0.0541 e. The van der Waals surface area contributed by atoms with Gasteiger partial charge in [0.2, 0.25) is 0 Å². The molecule has 0 aliphatic heterocycles. The van der Waals surface area contributed by atoms with Gasteiger partial charge in [0.1, 0.15) is 0 Å². The van der Waals surface area contributed by atoms with Crippen LogP contribution < -0.4 is 9.80 Å². The molecule has 11 aromatic rings. The van der Waals surface area contributed by atoms with Crippen LogP contribution >= 0.6 is 11.3 Å². The van der Waals surface area contributed by atoms with E-state index in [1.807, 2.05) is 11.3 Å². The molecule has 4 heteroatoms. The Kier molecular flexibility index (Phi) is 8.34. The van der Waals surface area contributed by atoms with Crippen LogP contribution in [0.4, 0.5) is 34.1 Å². The van der Waals surface area contributed by atoms with E-state index in [-0.39, 0.29) is 0 Å². The van der Waals surface area contributed by atoms with E-state index in [2.05, 4.69) is 239 Å². The number of aromatic nitrogens is 1. The minimum Gasteiger partial charge on any atom is -0.310 e. The predicted molar refractivity (Wildman–Crippen MR) is 248 cm³/mol. The summed E-state index contributed by atoms with van der Waals surface area (Å²) in [7, 11) is 0. The zero-order valence-electron chi connectivity index (χ0n) is 31.6. The lowest BCUT2D eigenvalue weighted by Gasteiger charge is -2.29. The molecule has 0 saturated carbocycles. The molecule has 2 aromatic heterocycles. The monoisotopic (exact) mass is 759 g/mol. The summed E-state index contributed by atoms with van der Waals surface area (Å²) in [6, 6.07) is 81.0. The van der Waals surface area contributed by atoms with Gasteiger partial charge in [0.25, 0.3) is 0 Å². The fraction of sp³-hybridized carbons (Fsp3) is 0. The second kappa shape index (κ2) is 14.3. The first-order chi connectivity index (χ1) is 28.8. The topological polar surface area (TPSA) is 11.4 Å². The molecule has 0 spiro atoms. The summed E-state index contributed by atoms with van der Waals surface area (Å²) in [6.45, 7) is 0. The van der Waals surface area contributed by atoms with Crippen molar-refractivity contribution in [2.45, 2.75) is 0 Å². The third kappa shape index (κ3) is 5.90. The molecule has 58 heavy (non-hydrogen) atoms. The third-order valence-corrected chi connectivity index (χ3v) is 12.3. The quantitative estimate of drug-likeness (QED) is 0.153. The van der Waals surface area contributed by atoms with Crippen LogP contribution in [0.2, 0.25) is 0 Å². The van der Waals surface area contributed by atoms with E-state index in [4.69, 9.17) is 0 Å². The normalized spacial score (nSPS) is 11.4. The van der Waals surface area contributed by atoms with Crippen molar-refractivity contribution < 1.29 is 0 Å². The Bertz CT molecular complexity index is 3130. The highest BCUT2D eigenvalue weighted by Crippen LogP contribution is 2.42. The molecule has 0 atom stereocenters. The highest BCUT2D eigenvalue weighted by molar-refractivity contribution is 7.25. The first kappa shape index (κ1) is 33.9. The van der Waals surface area contributed by atoms with Gasteiger partial charge in [-0.15, -0.1) is 11.3 Å². The molecule has 0 bridgehead atoms. The molecule has 0 unspecified atom stereocenters. The average molecular weight is 760 g/mol. The first-order valence-corrected chi connectivity index (χ1v) is 20.5. The number of rotatable bonds is 8. The molecule has 0 N–H and O–H groups in total. The van der Waals surface area contributed by atoms with Crippen LogP contribution in [0.5, 0.6) is 0 Å². The van der Waals surface area contributed by atoms with Gasteiger partial charge in [-0.2, -0.15) is 0 Å². The van der Waals surface area contributed by atoms with Crippen LogP contribution in [0.3, 0.4) is 0 Å². The zero-order valence-corrected chi connectivity index (χ0v) is 32.4. The number of thiophene rings is 1. The summed E-state index contributed by atoms with van der Waals surface area (Å²) in [5, 5.41) is 5.16. The van der Waals surface area contributed by atoms with E-state index in [1.165, 1.54) is 53.1 Å². The number of hydrogen-bond donors (Lipinski definition) is 0. The molecule has 2 heterocycles. The summed E-state index contributed by atoms with van der Waals surface area (Å²) >= 11 is 1.86. The molecule has 0 saturated heterocycles. The van der Waals surface area contributed by atoms with Crippen molar-refractivity contribution in [1.29, 1.82) is 0 Å². The minimum atomic E-state index is 1.07. The number of fused-ring (bicyclic) bond motifs is 6. The molecular weight excluding hydrogens is 723 g/mol. The van der Waals surface area contributed by atoms with Gasteiger partial charge in [0.15, 0.2) is 0 Å². The minimum absolute atomic E-state index is 1.07. The Morgan fingerprint density at radius 1 is 0.293 bits per heavy atom. The van der Waals surface area contributed by atoms with E-state index in [0.29, 0.717) is 0 Å². The predicted octanol–water partition coefficient (Wildman–Crippen LogP) is 15.8. The van der Waals surface area contributed by atoms with E-state index >= 15 is 0 Å². The molecule has 3 nitrogen and oxygen atoms in total.